The molecule has 4 fully saturated rings. The summed E-state index contributed by atoms with van der Waals surface area (Å²) < 4.78 is 73.0. The number of aliphatic hydroxyl groups excluding tert-OH is 1. The Bertz CT molecular complexity index is 1710. The predicted molar refractivity (Wildman–Crippen MR) is 261 cm³/mol. The molecule has 5 rings (SSSR count). The Morgan fingerprint density at radius 3 is 2.10 bits per heavy atom. The zero-order valence-electron chi connectivity index (χ0n) is 44.8. The number of esters is 2. The standard InChI is InChI=1S/C51H90N2O15Si/c1-29-25-35-26-41(68-69(16,17)50(7,8)9)65-38(27-39(55)59-30(2)21-19-18-20-22-37(29)64-40-24-23-36(52(11)12)31(3)60-40)46(58-15)45(35)67-49-47(63-34(6)54)43(53(13)14)44(32(4)62-49)66-42-28-51(10,57)48(56)33(5)61-42/h18-20,22,29-33,35-38,40-49,56-57H,21,23-28H2,1-17H3/t29-,30-,31?,32?,33?,35-,36?,37+,38-,40?,41?,42?,43?,44?,45+,46+,47?,48?,49?,51?/m1/s1. The van der Waals surface area contributed by atoms with Gasteiger partial charge in [-0.3, -0.25) is 9.59 Å². The predicted octanol–water partition coefficient (Wildman–Crippen LogP) is 6.08. The topological polar surface area (TPSA) is 183 Å². The molecule has 5 heterocycles. The quantitative estimate of drug-likeness (QED) is 0.169. The summed E-state index contributed by atoms with van der Waals surface area (Å²) in [5.41, 5.74) is -1.48. The molecular weight excluding hydrogens is 909 g/mol. The summed E-state index contributed by atoms with van der Waals surface area (Å²) in [6.45, 7) is 23.4. The average Bonchev–Trinajstić information content (AvgIpc) is 3.34. The van der Waals surface area contributed by atoms with Gasteiger partial charge in [-0.25, -0.2) is 0 Å². The number of ether oxygens (including phenoxy) is 10. The Balaban J connectivity index is 1.59. The van der Waals surface area contributed by atoms with Crippen molar-refractivity contribution in [1.29, 1.82) is 0 Å². The zero-order valence-corrected chi connectivity index (χ0v) is 45.8. The number of carbonyl (C=O) groups is 2. The van der Waals surface area contributed by atoms with Gasteiger partial charge in [0.05, 0.1) is 54.7 Å². The van der Waals surface area contributed by atoms with Crippen LogP contribution in [0, 0.1) is 11.8 Å². The van der Waals surface area contributed by atoms with Crippen molar-refractivity contribution in [3.05, 3.63) is 24.3 Å². The van der Waals surface area contributed by atoms with Gasteiger partial charge in [0.1, 0.15) is 30.7 Å². The molecule has 2 bridgehead atoms. The van der Waals surface area contributed by atoms with Crippen LogP contribution in [0.25, 0.3) is 0 Å². The van der Waals surface area contributed by atoms with E-state index in [4.69, 9.17) is 51.8 Å². The first-order valence-corrected chi connectivity index (χ1v) is 28.2. The summed E-state index contributed by atoms with van der Waals surface area (Å²) in [5, 5.41) is 21.6. The summed E-state index contributed by atoms with van der Waals surface area (Å²) in [4.78, 5) is 31.2. The number of fused-ring (bicyclic) bond motifs is 3. The lowest BCUT2D eigenvalue weighted by atomic mass is 9.82. The molecule has 2 N–H and O–H groups in total. The van der Waals surface area contributed by atoms with Gasteiger partial charge in [-0.05, 0) is 112 Å². The summed E-state index contributed by atoms with van der Waals surface area (Å²) >= 11 is 0. The van der Waals surface area contributed by atoms with Gasteiger partial charge >= 0.3 is 11.9 Å². The van der Waals surface area contributed by atoms with Gasteiger partial charge in [-0.1, -0.05) is 52.0 Å². The van der Waals surface area contributed by atoms with E-state index in [1.807, 2.05) is 51.1 Å². The van der Waals surface area contributed by atoms with Crippen LogP contribution in [0.3, 0.4) is 0 Å². The Kier molecular flexibility index (Phi) is 20.5. The monoisotopic (exact) mass is 999 g/mol. The van der Waals surface area contributed by atoms with Crippen molar-refractivity contribution >= 4 is 20.3 Å². The Hall–Kier alpha value is -1.88. The number of rotatable bonds is 12. The maximum Gasteiger partial charge on any atom is 0.308 e. The van der Waals surface area contributed by atoms with Crippen molar-refractivity contribution in [3.8, 4) is 0 Å². The van der Waals surface area contributed by atoms with Crippen molar-refractivity contribution in [2.75, 3.05) is 35.3 Å². The van der Waals surface area contributed by atoms with Gasteiger partial charge in [-0.15, -0.1) is 0 Å². The van der Waals surface area contributed by atoms with Crippen LogP contribution in [0.15, 0.2) is 24.3 Å². The third-order valence-electron chi connectivity index (χ3n) is 15.3. The van der Waals surface area contributed by atoms with Crippen LogP contribution in [0.1, 0.15) is 114 Å². The lowest BCUT2D eigenvalue weighted by Crippen LogP contribution is -2.66. The van der Waals surface area contributed by atoms with Gasteiger partial charge < -0.3 is 71.8 Å². The molecule has 0 saturated carbocycles. The summed E-state index contributed by atoms with van der Waals surface area (Å²) in [6, 6.07) is -0.370. The summed E-state index contributed by atoms with van der Waals surface area (Å²) in [5.74, 6) is -1.49. The van der Waals surface area contributed by atoms with E-state index in [2.05, 4.69) is 72.8 Å². The first-order valence-electron chi connectivity index (χ1n) is 25.3. The lowest BCUT2D eigenvalue weighted by Gasteiger charge is -2.50. The molecule has 0 aromatic carbocycles. The van der Waals surface area contributed by atoms with Crippen molar-refractivity contribution in [2.24, 2.45) is 11.8 Å². The van der Waals surface area contributed by atoms with Crippen LogP contribution in [0.2, 0.25) is 18.1 Å². The zero-order chi connectivity index (χ0) is 51.3. The second-order valence-electron chi connectivity index (χ2n) is 22.6. The second-order valence-corrected chi connectivity index (χ2v) is 27.4. The van der Waals surface area contributed by atoms with Gasteiger partial charge in [-0.2, -0.15) is 0 Å². The van der Waals surface area contributed by atoms with Gasteiger partial charge in [0.25, 0.3) is 0 Å². The molecule has 398 valence electrons. The number of cyclic esters (lactones) is 1. The molecule has 5 aliphatic heterocycles. The number of carbonyl (C=O) groups excluding carboxylic acids is 2. The molecular formula is C51H90N2O15Si. The number of hydrogen-bond acceptors (Lipinski definition) is 17. The van der Waals surface area contributed by atoms with Crippen LogP contribution >= 0.6 is 0 Å². The highest BCUT2D eigenvalue weighted by molar-refractivity contribution is 6.74. The van der Waals surface area contributed by atoms with E-state index in [1.165, 1.54) is 6.92 Å². The third kappa shape index (κ3) is 15.1. The first kappa shape index (κ1) is 58.0. The molecule has 0 aromatic rings. The van der Waals surface area contributed by atoms with E-state index in [9.17, 15) is 19.8 Å². The van der Waals surface area contributed by atoms with Gasteiger partial charge in [0.2, 0.25) is 0 Å². The second kappa shape index (κ2) is 24.4. The van der Waals surface area contributed by atoms with Crippen LogP contribution in [-0.4, -0.2) is 186 Å². The van der Waals surface area contributed by atoms with Crippen LogP contribution in [0.5, 0.6) is 0 Å². The average molecular weight is 999 g/mol. The molecule has 0 radical (unpaired) electrons. The normalized spacial score (nSPS) is 42.3. The van der Waals surface area contributed by atoms with E-state index in [0.717, 1.165) is 12.8 Å². The van der Waals surface area contributed by atoms with Crippen molar-refractivity contribution in [3.63, 3.8) is 0 Å². The highest BCUT2D eigenvalue weighted by Crippen LogP contribution is 2.44. The molecule has 4 saturated heterocycles. The fraction of sp³-hybridized carbons (Fsp3) is 0.882. The molecule has 69 heavy (non-hydrogen) atoms. The molecule has 17 nitrogen and oxygen atoms in total. The SMILES string of the molecule is CO[C@@H]1[C@@H](OC2OC(C)C(OC3CC(C)(O)C(O)C(C)O3)C(N(C)C)C2OC(C)=O)[C@H]2CC(O[Si](C)(C)C(C)(C)C)O[C@@H]1CC(=O)O[C@H](C)CC=CC=C[C@H](OC1CCC(N(C)C)C(C)O1)[C@H](C)C2. The van der Waals surface area contributed by atoms with Crippen LogP contribution in [0.4, 0.5) is 0 Å². The Morgan fingerprint density at radius 1 is 0.826 bits per heavy atom. The Labute approximate surface area is 414 Å². The first-order chi connectivity index (χ1) is 32.1. The van der Waals surface area contributed by atoms with Crippen molar-refractivity contribution in [2.45, 2.75) is 242 Å². The fourth-order valence-electron chi connectivity index (χ4n) is 10.5. The van der Waals surface area contributed by atoms with E-state index >= 15 is 0 Å². The lowest BCUT2D eigenvalue weighted by molar-refractivity contribution is -0.344. The molecule has 0 spiro atoms. The maximum absolute atomic E-state index is 13.9. The summed E-state index contributed by atoms with van der Waals surface area (Å²) in [7, 11) is 6.97. The number of nitrogens with zero attached hydrogens (tertiary/aromatic N) is 2. The maximum atomic E-state index is 13.9. The Morgan fingerprint density at radius 2 is 1.51 bits per heavy atom. The highest BCUT2D eigenvalue weighted by atomic mass is 28.4. The molecule has 20 atom stereocenters. The minimum atomic E-state index is -2.49. The minimum Gasteiger partial charge on any atom is -0.462 e. The van der Waals surface area contributed by atoms with E-state index in [-0.39, 0.29) is 48.0 Å². The molecule has 18 heteroatoms. The molecule has 0 amide bonds. The van der Waals surface area contributed by atoms with Gasteiger partial charge in [0.15, 0.2) is 33.3 Å². The molecule has 0 aliphatic carbocycles. The van der Waals surface area contributed by atoms with Crippen molar-refractivity contribution in [1.82, 2.24) is 9.80 Å². The van der Waals surface area contributed by atoms with E-state index < -0.39 is 112 Å². The van der Waals surface area contributed by atoms with E-state index in [1.54, 1.807) is 21.0 Å². The smallest absolute Gasteiger partial charge is 0.308 e. The van der Waals surface area contributed by atoms with Crippen molar-refractivity contribution < 1.29 is 71.6 Å². The highest BCUT2D eigenvalue weighted by Gasteiger charge is 2.55. The number of allylic oxidation sites excluding steroid dienone is 2. The van der Waals surface area contributed by atoms with Gasteiger partial charge in [0, 0.05) is 39.3 Å². The van der Waals surface area contributed by atoms with E-state index in [0.29, 0.717) is 19.3 Å². The molecule has 5 aliphatic rings. The number of methoxy groups -OCH3 is 1. The molecule has 0 aromatic heterocycles. The minimum absolute atomic E-state index is 0.00308. The largest absolute Gasteiger partial charge is 0.462 e. The third-order valence-corrected chi connectivity index (χ3v) is 19.8. The fourth-order valence-corrected chi connectivity index (χ4v) is 11.6. The number of hydrogen-bond donors (Lipinski definition) is 2. The summed E-state index contributed by atoms with van der Waals surface area (Å²) in [6.07, 6.45) is -0.0118. The number of likely N-dealkylation sites (N-methyl/N-ethyl adjacent to an activating group) is 2. The number of aliphatic hydroxyl groups is 2. The molecule has 13 unspecified atom stereocenters. The van der Waals surface area contributed by atoms with Crippen LogP contribution < -0.4 is 0 Å². The van der Waals surface area contributed by atoms with Crippen LogP contribution in [-0.2, 0) is 61.4 Å².